The van der Waals surface area contributed by atoms with Gasteiger partial charge in [0.05, 0.1) is 6.10 Å². The Labute approximate surface area is 106 Å². The molecule has 1 aromatic rings. The maximum absolute atomic E-state index is 11.2. The fourth-order valence-corrected chi connectivity index (χ4v) is 2.68. The Morgan fingerprint density at radius 2 is 2.22 bits per heavy atom. The Morgan fingerprint density at radius 3 is 2.78 bits per heavy atom. The lowest BCUT2D eigenvalue weighted by Crippen LogP contribution is -2.30. The quantitative estimate of drug-likeness (QED) is 0.817. The van der Waals surface area contributed by atoms with Gasteiger partial charge in [-0.25, -0.2) is 4.79 Å². The topological polar surface area (TPSA) is 88.2 Å². The summed E-state index contributed by atoms with van der Waals surface area (Å²) in [6.45, 7) is 1.47. The highest BCUT2D eigenvalue weighted by atomic mass is 16.4. The normalized spacial score (nSPS) is 19.9. The molecule has 0 aliphatic heterocycles. The Morgan fingerprint density at radius 1 is 1.56 bits per heavy atom. The number of carboxylic acids is 1. The maximum Gasteiger partial charge on any atom is 0.329 e. The van der Waals surface area contributed by atoms with Crippen molar-refractivity contribution in [3.63, 3.8) is 0 Å². The second kappa shape index (κ2) is 5.48. The highest BCUT2D eigenvalue weighted by Gasteiger charge is 2.28. The molecular weight excluding hydrogens is 234 g/mol. The van der Waals surface area contributed by atoms with Crippen LogP contribution in [0.4, 0.5) is 0 Å². The van der Waals surface area contributed by atoms with Crippen LogP contribution >= 0.6 is 0 Å². The molecule has 0 amide bonds. The molecule has 1 aliphatic carbocycles. The van der Waals surface area contributed by atoms with Crippen LogP contribution in [0.2, 0.25) is 0 Å². The van der Waals surface area contributed by atoms with Crippen LogP contribution in [0, 0.1) is 5.92 Å². The Bertz CT molecular complexity index is 410. The maximum atomic E-state index is 11.2. The molecule has 6 heteroatoms. The van der Waals surface area contributed by atoms with E-state index in [1.165, 1.54) is 43.5 Å². The molecule has 1 heterocycles. The van der Waals surface area contributed by atoms with Gasteiger partial charge >= 0.3 is 5.97 Å². The minimum Gasteiger partial charge on any atom is -0.480 e. The third-order valence-corrected chi connectivity index (χ3v) is 3.60. The van der Waals surface area contributed by atoms with Gasteiger partial charge in [-0.1, -0.05) is 25.7 Å². The predicted octanol–water partition coefficient (Wildman–Crippen LogP) is 1.02. The largest absolute Gasteiger partial charge is 0.480 e. The van der Waals surface area contributed by atoms with Gasteiger partial charge < -0.3 is 14.8 Å². The molecule has 100 valence electrons. The molecule has 0 spiro atoms. The summed E-state index contributed by atoms with van der Waals surface area (Å²) < 4.78 is 1.49. The van der Waals surface area contributed by atoms with E-state index in [9.17, 15) is 9.90 Å². The van der Waals surface area contributed by atoms with Gasteiger partial charge in [0.1, 0.15) is 12.2 Å². The zero-order chi connectivity index (χ0) is 13.1. The third-order valence-electron chi connectivity index (χ3n) is 3.60. The fourth-order valence-electron chi connectivity index (χ4n) is 2.68. The lowest BCUT2D eigenvalue weighted by molar-refractivity contribution is -0.144. The number of hydrogen-bond acceptors (Lipinski definition) is 4. The van der Waals surface area contributed by atoms with Gasteiger partial charge in [0.15, 0.2) is 6.04 Å². The minimum absolute atomic E-state index is 0.566. The van der Waals surface area contributed by atoms with Crippen molar-refractivity contribution in [3.8, 4) is 0 Å². The predicted molar refractivity (Wildman–Crippen MR) is 64.0 cm³/mol. The van der Waals surface area contributed by atoms with Crippen LogP contribution < -0.4 is 0 Å². The summed E-state index contributed by atoms with van der Waals surface area (Å²) in [5.41, 5.74) is 0. The number of nitrogens with zero attached hydrogens (tertiary/aromatic N) is 3. The van der Waals surface area contributed by atoms with Crippen LogP contribution in [-0.4, -0.2) is 37.1 Å². The molecule has 0 aromatic carbocycles. The van der Waals surface area contributed by atoms with Crippen molar-refractivity contribution in [2.24, 2.45) is 5.92 Å². The second-order valence-corrected chi connectivity index (χ2v) is 5.03. The molecule has 1 saturated carbocycles. The summed E-state index contributed by atoms with van der Waals surface area (Å²) in [4.78, 5) is 11.2. The van der Waals surface area contributed by atoms with E-state index in [1.807, 2.05) is 0 Å². The van der Waals surface area contributed by atoms with E-state index in [-0.39, 0.29) is 0 Å². The molecule has 0 radical (unpaired) electrons. The van der Waals surface area contributed by atoms with Gasteiger partial charge in [0.2, 0.25) is 0 Å². The van der Waals surface area contributed by atoms with Crippen molar-refractivity contribution < 1.29 is 15.0 Å². The Hall–Kier alpha value is -1.43. The number of aliphatic hydroxyl groups is 1. The fraction of sp³-hybridized carbons (Fsp3) is 0.750. The van der Waals surface area contributed by atoms with E-state index in [4.69, 9.17) is 5.11 Å². The molecule has 1 aromatic heterocycles. The Balaban J connectivity index is 2.17. The zero-order valence-corrected chi connectivity index (χ0v) is 10.5. The SMILES string of the molecule is CC(O)C(C(=O)O)n1cnnc1CC1CCCC1. The molecule has 0 saturated heterocycles. The lowest BCUT2D eigenvalue weighted by atomic mass is 10.0. The minimum atomic E-state index is -1.06. The van der Waals surface area contributed by atoms with Crippen LogP contribution in [0.15, 0.2) is 6.33 Å². The summed E-state index contributed by atoms with van der Waals surface area (Å²) in [6.07, 6.45) is 5.97. The standard InChI is InChI=1S/C12H19N3O3/c1-8(16)11(12(17)18)15-7-13-14-10(15)6-9-4-2-3-5-9/h7-9,11,16H,2-6H2,1H3,(H,17,18). The number of aromatic nitrogens is 3. The van der Waals surface area contributed by atoms with Crippen molar-refractivity contribution in [3.05, 3.63) is 12.2 Å². The summed E-state index contributed by atoms with van der Waals surface area (Å²) in [7, 11) is 0. The number of aliphatic carboxylic acids is 1. The molecule has 2 atom stereocenters. The second-order valence-electron chi connectivity index (χ2n) is 5.03. The summed E-state index contributed by atoms with van der Waals surface area (Å²) in [5, 5.41) is 26.5. The van der Waals surface area contributed by atoms with Crippen molar-refractivity contribution in [2.45, 2.75) is 51.2 Å². The van der Waals surface area contributed by atoms with E-state index in [0.29, 0.717) is 11.7 Å². The first-order valence-corrected chi connectivity index (χ1v) is 6.39. The van der Waals surface area contributed by atoms with Crippen molar-refractivity contribution >= 4 is 5.97 Å². The van der Waals surface area contributed by atoms with Gasteiger partial charge in [-0.3, -0.25) is 0 Å². The van der Waals surface area contributed by atoms with E-state index in [2.05, 4.69) is 10.2 Å². The van der Waals surface area contributed by atoms with E-state index in [0.717, 1.165) is 6.42 Å². The summed E-state index contributed by atoms with van der Waals surface area (Å²) >= 11 is 0. The molecule has 18 heavy (non-hydrogen) atoms. The van der Waals surface area contributed by atoms with E-state index < -0.39 is 18.1 Å². The number of carbonyl (C=O) groups is 1. The number of hydrogen-bond donors (Lipinski definition) is 2. The van der Waals surface area contributed by atoms with Crippen molar-refractivity contribution in [2.75, 3.05) is 0 Å². The first-order chi connectivity index (χ1) is 8.59. The average Bonchev–Trinajstić information content (AvgIpc) is 2.91. The molecule has 1 fully saturated rings. The zero-order valence-electron chi connectivity index (χ0n) is 10.5. The molecule has 0 bridgehead atoms. The number of aliphatic hydroxyl groups excluding tert-OH is 1. The van der Waals surface area contributed by atoms with E-state index in [1.54, 1.807) is 0 Å². The summed E-state index contributed by atoms with van der Waals surface area (Å²) in [6, 6.07) is -1.00. The molecule has 2 N–H and O–H groups in total. The average molecular weight is 253 g/mol. The van der Waals surface area contributed by atoms with Gasteiger partial charge in [-0.05, 0) is 12.8 Å². The highest BCUT2D eigenvalue weighted by molar-refractivity contribution is 5.72. The van der Waals surface area contributed by atoms with E-state index >= 15 is 0 Å². The first kappa shape index (κ1) is 13.0. The lowest BCUT2D eigenvalue weighted by Gasteiger charge is -2.19. The van der Waals surface area contributed by atoms with Crippen LogP contribution in [0.25, 0.3) is 0 Å². The number of rotatable bonds is 5. The number of carboxylic acid groups (broad SMARTS) is 1. The Kier molecular flexibility index (Phi) is 3.96. The summed E-state index contributed by atoms with van der Waals surface area (Å²) in [5.74, 6) is 0.170. The molecule has 2 unspecified atom stereocenters. The van der Waals surface area contributed by atoms with Crippen LogP contribution in [0.1, 0.15) is 44.5 Å². The smallest absolute Gasteiger partial charge is 0.329 e. The molecule has 1 aliphatic rings. The van der Waals surface area contributed by atoms with Crippen LogP contribution in [0.3, 0.4) is 0 Å². The van der Waals surface area contributed by atoms with Crippen LogP contribution in [0.5, 0.6) is 0 Å². The van der Waals surface area contributed by atoms with Gasteiger partial charge in [-0.15, -0.1) is 10.2 Å². The highest BCUT2D eigenvalue weighted by Crippen LogP contribution is 2.28. The third kappa shape index (κ3) is 2.69. The van der Waals surface area contributed by atoms with Gasteiger partial charge in [0, 0.05) is 6.42 Å². The van der Waals surface area contributed by atoms with Gasteiger partial charge in [0.25, 0.3) is 0 Å². The van der Waals surface area contributed by atoms with Crippen molar-refractivity contribution in [1.29, 1.82) is 0 Å². The van der Waals surface area contributed by atoms with Crippen LogP contribution in [-0.2, 0) is 11.2 Å². The first-order valence-electron chi connectivity index (χ1n) is 6.39. The monoisotopic (exact) mass is 253 g/mol. The van der Waals surface area contributed by atoms with Gasteiger partial charge in [-0.2, -0.15) is 0 Å². The molecule has 6 nitrogen and oxygen atoms in total. The van der Waals surface area contributed by atoms with Crippen molar-refractivity contribution in [1.82, 2.24) is 14.8 Å². The molecular formula is C12H19N3O3. The molecule has 2 rings (SSSR count).